The highest BCUT2D eigenvalue weighted by atomic mass is 19.1. The Bertz CT molecular complexity index is 685. The molecule has 4 nitrogen and oxygen atoms in total. The fraction of sp³-hybridized carbons (Fsp3) is 0.368. The van der Waals surface area contributed by atoms with Gasteiger partial charge in [-0.05, 0) is 42.2 Å². The van der Waals surface area contributed by atoms with E-state index in [-0.39, 0.29) is 17.1 Å². The number of carbonyl (C=O) groups is 1. The molecule has 0 radical (unpaired) electrons. The first-order chi connectivity index (χ1) is 11.7. The molecule has 0 atom stereocenters. The number of hydrogen-bond acceptors (Lipinski definition) is 3. The van der Waals surface area contributed by atoms with Crippen LogP contribution in [-0.4, -0.2) is 30.6 Å². The first-order valence-electron chi connectivity index (χ1n) is 8.17. The van der Waals surface area contributed by atoms with Crippen molar-refractivity contribution in [2.45, 2.75) is 24.7 Å². The molecule has 126 valence electrons. The molecule has 1 aliphatic heterocycles. The molecular weight excluding hydrogens is 307 g/mol. The number of carbonyl (C=O) groups excluding carboxylic acids is 1. The van der Waals surface area contributed by atoms with Gasteiger partial charge in [-0.25, -0.2) is 4.39 Å². The third-order valence-corrected chi connectivity index (χ3v) is 4.60. The lowest BCUT2D eigenvalue weighted by Gasteiger charge is -2.38. The molecule has 0 aliphatic carbocycles. The minimum atomic E-state index is -0.273. The number of nitrogens with zero attached hydrogens (tertiary/aromatic N) is 1. The van der Waals surface area contributed by atoms with Crippen molar-refractivity contribution < 1.29 is 13.9 Å². The second-order valence-corrected chi connectivity index (χ2v) is 6.22. The highest BCUT2D eigenvalue weighted by Crippen LogP contribution is 2.34. The van der Waals surface area contributed by atoms with E-state index in [1.807, 2.05) is 18.2 Å². The number of ether oxygens (including phenoxy) is 1. The molecule has 1 aliphatic rings. The van der Waals surface area contributed by atoms with Gasteiger partial charge in [-0.2, -0.15) is 0 Å². The van der Waals surface area contributed by atoms with Crippen molar-refractivity contribution >= 4 is 5.91 Å². The van der Waals surface area contributed by atoms with Crippen LogP contribution >= 0.6 is 0 Å². The number of rotatable bonds is 5. The zero-order valence-corrected chi connectivity index (χ0v) is 13.5. The molecule has 5 heteroatoms. The van der Waals surface area contributed by atoms with Gasteiger partial charge in [-0.15, -0.1) is 0 Å². The molecular formula is C19H21FN2O2. The topological polar surface area (TPSA) is 51.2 Å². The number of nitrogens with one attached hydrogen (secondary N) is 1. The zero-order chi connectivity index (χ0) is 16.8. The molecule has 0 unspecified atom stereocenters. The molecule has 1 saturated heterocycles. The zero-order valence-electron chi connectivity index (χ0n) is 13.5. The molecule has 1 amide bonds. The predicted octanol–water partition coefficient (Wildman–Crippen LogP) is 2.63. The number of hydrogen-bond donors (Lipinski definition) is 1. The lowest BCUT2D eigenvalue weighted by atomic mass is 9.74. The van der Waals surface area contributed by atoms with Crippen molar-refractivity contribution in [1.82, 2.24) is 10.3 Å². The summed E-state index contributed by atoms with van der Waals surface area (Å²) in [7, 11) is 0. The van der Waals surface area contributed by atoms with Crippen LogP contribution in [0.1, 0.15) is 24.0 Å². The standard InChI is InChI=1S/C19H21FN2O2/c20-17-5-1-4-16(12-17)19(6-9-24-10-7-19)14-22-18(23)11-15-3-2-8-21-13-15/h1-5,8,12-13H,6-7,9-11,14H2,(H,22,23). The van der Waals surface area contributed by atoms with Crippen LogP contribution in [0.3, 0.4) is 0 Å². The maximum absolute atomic E-state index is 13.7. The van der Waals surface area contributed by atoms with Crippen LogP contribution in [-0.2, 0) is 21.4 Å². The van der Waals surface area contributed by atoms with Gasteiger partial charge in [-0.3, -0.25) is 9.78 Å². The van der Waals surface area contributed by atoms with Gasteiger partial charge in [-0.1, -0.05) is 18.2 Å². The van der Waals surface area contributed by atoms with Gasteiger partial charge < -0.3 is 10.1 Å². The van der Waals surface area contributed by atoms with Crippen LogP contribution in [0, 0.1) is 5.82 Å². The van der Waals surface area contributed by atoms with Gasteiger partial charge in [0.15, 0.2) is 0 Å². The van der Waals surface area contributed by atoms with E-state index in [2.05, 4.69) is 10.3 Å². The van der Waals surface area contributed by atoms with Crippen molar-refractivity contribution in [1.29, 1.82) is 0 Å². The molecule has 1 aromatic heterocycles. The molecule has 2 heterocycles. The van der Waals surface area contributed by atoms with E-state index in [1.54, 1.807) is 24.5 Å². The highest BCUT2D eigenvalue weighted by Gasteiger charge is 2.35. The smallest absolute Gasteiger partial charge is 0.224 e. The second kappa shape index (κ2) is 7.53. The minimum absolute atomic E-state index is 0.0507. The third kappa shape index (κ3) is 3.97. The summed E-state index contributed by atoms with van der Waals surface area (Å²) < 4.78 is 19.1. The van der Waals surface area contributed by atoms with Crippen molar-refractivity contribution in [3.63, 3.8) is 0 Å². The summed E-state index contributed by atoms with van der Waals surface area (Å²) in [5.41, 5.74) is 1.53. The number of halogens is 1. The predicted molar refractivity (Wildman–Crippen MR) is 89.1 cm³/mol. The summed E-state index contributed by atoms with van der Waals surface area (Å²) >= 11 is 0. The van der Waals surface area contributed by atoms with E-state index >= 15 is 0 Å². The summed E-state index contributed by atoms with van der Waals surface area (Å²) in [6, 6.07) is 10.4. The summed E-state index contributed by atoms with van der Waals surface area (Å²) in [6.45, 7) is 1.73. The number of pyridine rings is 1. The maximum atomic E-state index is 13.7. The minimum Gasteiger partial charge on any atom is -0.381 e. The van der Waals surface area contributed by atoms with Gasteiger partial charge >= 0.3 is 0 Å². The summed E-state index contributed by atoms with van der Waals surface area (Å²) in [5.74, 6) is -0.301. The van der Waals surface area contributed by atoms with Crippen molar-refractivity contribution in [3.8, 4) is 0 Å². The van der Waals surface area contributed by atoms with Crippen molar-refractivity contribution in [3.05, 3.63) is 65.7 Å². The van der Waals surface area contributed by atoms with Gasteiger partial charge in [0.25, 0.3) is 0 Å². The molecule has 0 bridgehead atoms. The Labute approximate surface area is 141 Å². The van der Waals surface area contributed by atoms with Crippen LogP contribution in [0.4, 0.5) is 4.39 Å². The van der Waals surface area contributed by atoms with E-state index < -0.39 is 0 Å². The van der Waals surface area contributed by atoms with Gasteiger partial charge in [0.1, 0.15) is 5.82 Å². The lowest BCUT2D eigenvalue weighted by Crippen LogP contribution is -2.45. The fourth-order valence-corrected chi connectivity index (χ4v) is 3.17. The van der Waals surface area contributed by atoms with E-state index in [0.29, 0.717) is 26.2 Å². The van der Waals surface area contributed by atoms with Crippen molar-refractivity contribution in [2.24, 2.45) is 0 Å². The largest absolute Gasteiger partial charge is 0.381 e. The Hall–Kier alpha value is -2.27. The molecule has 0 spiro atoms. The Balaban J connectivity index is 1.70. The first kappa shape index (κ1) is 16.6. The van der Waals surface area contributed by atoms with Crippen molar-refractivity contribution in [2.75, 3.05) is 19.8 Å². The summed E-state index contributed by atoms with van der Waals surface area (Å²) in [4.78, 5) is 16.3. The van der Waals surface area contributed by atoms with Gasteiger partial charge in [0.2, 0.25) is 5.91 Å². The monoisotopic (exact) mass is 328 g/mol. The van der Waals surface area contributed by atoms with E-state index in [0.717, 1.165) is 24.0 Å². The van der Waals surface area contributed by atoms with Crippen LogP contribution in [0.25, 0.3) is 0 Å². The van der Waals surface area contributed by atoms with Crippen LogP contribution in [0.2, 0.25) is 0 Å². The summed E-state index contributed by atoms with van der Waals surface area (Å²) in [5, 5.41) is 3.01. The quantitative estimate of drug-likeness (QED) is 0.918. The Morgan fingerprint density at radius 3 is 2.79 bits per heavy atom. The lowest BCUT2D eigenvalue weighted by molar-refractivity contribution is -0.121. The molecule has 3 rings (SSSR count). The second-order valence-electron chi connectivity index (χ2n) is 6.22. The molecule has 1 fully saturated rings. The SMILES string of the molecule is O=C(Cc1cccnc1)NCC1(c2cccc(F)c2)CCOCC1. The Morgan fingerprint density at radius 2 is 2.08 bits per heavy atom. The Morgan fingerprint density at radius 1 is 1.25 bits per heavy atom. The molecule has 1 N–H and O–H groups in total. The number of benzene rings is 1. The normalized spacial score (nSPS) is 16.5. The highest BCUT2D eigenvalue weighted by molar-refractivity contribution is 5.78. The average molecular weight is 328 g/mol. The van der Waals surface area contributed by atoms with Gasteiger partial charge in [0, 0.05) is 37.6 Å². The average Bonchev–Trinajstić information content (AvgIpc) is 2.62. The van der Waals surface area contributed by atoms with E-state index in [1.165, 1.54) is 6.07 Å². The number of amides is 1. The van der Waals surface area contributed by atoms with E-state index in [9.17, 15) is 9.18 Å². The maximum Gasteiger partial charge on any atom is 0.224 e. The third-order valence-electron chi connectivity index (χ3n) is 4.60. The molecule has 24 heavy (non-hydrogen) atoms. The van der Waals surface area contributed by atoms with Crippen LogP contribution < -0.4 is 5.32 Å². The van der Waals surface area contributed by atoms with Gasteiger partial charge in [0.05, 0.1) is 6.42 Å². The fourth-order valence-electron chi connectivity index (χ4n) is 3.17. The first-order valence-corrected chi connectivity index (χ1v) is 8.17. The number of aromatic nitrogens is 1. The Kier molecular flexibility index (Phi) is 5.20. The van der Waals surface area contributed by atoms with E-state index in [4.69, 9.17) is 4.74 Å². The summed E-state index contributed by atoms with van der Waals surface area (Å²) in [6.07, 6.45) is 5.20. The molecule has 2 aromatic rings. The van der Waals surface area contributed by atoms with Crippen LogP contribution in [0.15, 0.2) is 48.8 Å². The molecule has 0 saturated carbocycles. The molecule has 1 aromatic carbocycles. The van der Waals surface area contributed by atoms with Crippen LogP contribution in [0.5, 0.6) is 0 Å².